The van der Waals surface area contributed by atoms with Gasteiger partial charge in [0.1, 0.15) is 5.69 Å². The number of aryl methyl sites for hydroxylation is 1. The van der Waals surface area contributed by atoms with E-state index in [4.69, 9.17) is 0 Å². The van der Waals surface area contributed by atoms with Crippen molar-refractivity contribution < 1.29 is 8.42 Å². The maximum atomic E-state index is 13.3. The number of hydrogen-bond donors (Lipinski definition) is 1. The van der Waals surface area contributed by atoms with Crippen LogP contribution in [0.1, 0.15) is 37.3 Å². The van der Waals surface area contributed by atoms with Crippen molar-refractivity contribution in [3.05, 3.63) is 59.8 Å². The number of nitrogens with one attached hydrogen (secondary N) is 1. The first kappa shape index (κ1) is 20.7. The van der Waals surface area contributed by atoms with E-state index in [0.29, 0.717) is 16.9 Å². The molecule has 150 valence electrons. The van der Waals surface area contributed by atoms with Crippen molar-refractivity contribution in [2.24, 2.45) is 5.92 Å². The third-order valence-electron chi connectivity index (χ3n) is 4.99. The molecule has 1 N–H and O–H groups in total. The summed E-state index contributed by atoms with van der Waals surface area (Å²) in [5.74, 6) is 0.609. The molecule has 1 heterocycles. The van der Waals surface area contributed by atoms with Crippen LogP contribution in [0, 0.1) is 24.2 Å². The SMILES string of the molecule is Cc1ccc(S(=O)(=O)[C@@H](C#N)c2nc3ccccc3nc2N[C@H](C)C(C)C)cc1. The molecule has 0 radical (unpaired) electrons. The van der Waals surface area contributed by atoms with Crippen LogP contribution in [0.3, 0.4) is 0 Å². The molecule has 7 heteroatoms. The van der Waals surface area contributed by atoms with Crippen LogP contribution in [0.5, 0.6) is 0 Å². The number of hydrogen-bond acceptors (Lipinski definition) is 6. The summed E-state index contributed by atoms with van der Waals surface area (Å²) in [7, 11) is -3.97. The van der Waals surface area contributed by atoms with E-state index in [1.165, 1.54) is 12.1 Å². The summed E-state index contributed by atoms with van der Waals surface area (Å²) in [6, 6.07) is 15.7. The van der Waals surface area contributed by atoms with Gasteiger partial charge >= 0.3 is 0 Å². The summed E-state index contributed by atoms with van der Waals surface area (Å²) in [5, 5.41) is 11.6. The van der Waals surface area contributed by atoms with E-state index in [9.17, 15) is 13.7 Å². The summed E-state index contributed by atoms with van der Waals surface area (Å²) in [4.78, 5) is 9.23. The number of benzene rings is 2. The summed E-state index contributed by atoms with van der Waals surface area (Å²) in [6.07, 6.45) is 0. The zero-order valence-electron chi connectivity index (χ0n) is 16.9. The van der Waals surface area contributed by atoms with Gasteiger partial charge in [0.2, 0.25) is 9.84 Å². The lowest BCUT2D eigenvalue weighted by atomic mass is 10.1. The smallest absolute Gasteiger partial charge is 0.200 e. The molecule has 0 bridgehead atoms. The number of anilines is 1. The molecule has 6 nitrogen and oxygen atoms in total. The molecule has 0 saturated heterocycles. The molecular weight excluding hydrogens is 384 g/mol. The van der Waals surface area contributed by atoms with Crippen molar-refractivity contribution >= 4 is 26.7 Å². The highest BCUT2D eigenvalue weighted by atomic mass is 32.2. The van der Waals surface area contributed by atoms with Gasteiger partial charge in [-0.25, -0.2) is 18.4 Å². The number of fused-ring (bicyclic) bond motifs is 1. The van der Waals surface area contributed by atoms with Gasteiger partial charge in [0.05, 0.1) is 22.0 Å². The van der Waals surface area contributed by atoms with E-state index in [0.717, 1.165) is 5.56 Å². The molecule has 2 atom stereocenters. The molecule has 1 aromatic heterocycles. The largest absolute Gasteiger partial charge is 0.366 e. The Labute approximate surface area is 171 Å². The van der Waals surface area contributed by atoms with Gasteiger partial charge in [-0.1, -0.05) is 43.7 Å². The van der Waals surface area contributed by atoms with E-state index < -0.39 is 15.1 Å². The highest BCUT2D eigenvalue weighted by Gasteiger charge is 2.34. The standard InChI is InChI=1S/C22H24N4O2S/c1-14(2)16(4)24-22-21(25-18-7-5-6-8-19(18)26-22)20(13-23)29(27,28)17-11-9-15(3)10-12-17/h5-12,14,16,20H,1-4H3,(H,24,26)/t16-,20+/m1/s1. The summed E-state index contributed by atoms with van der Waals surface area (Å²) < 4.78 is 26.5. The molecule has 0 amide bonds. The Morgan fingerprint density at radius 1 is 0.966 bits per heavy atom. The van der Waals surface area contributed by atoms with Gasteiger partial charge in [-0.15, -0.1) is 0 Å². The quantitative estimate of drug-likeness (QED) is 0.648. The second-order valence-electron chi connectivity index (χ2n) is 7.49. The van der Waals surface area contributed by atoms with Crippen LogP contribution in [0.4, 0.5) is 5.82 Å². The fraction of sp³-hybridized carbons (Fsp3) is 0.318. The Balaban J connectivity index is 2.19. The second kappa shape index (κ2) is 8.18. The van der Waals surface area contributed by atoms with Crippen LogP contribution < -0.4 is 5.32 Å². The Morgan fingerprint density at radius 2 is 1.55 bits per heavy atom. The number of para-hydroxylation sites is 2. The Kier molecular flexibility index (Phi) is 5.85. The number of rotatable bonds is 6. The third kappa shape index (κ3) is 4.22. The molecule has 2 aromatic carbocycles. The van der Waals surface area contributed by atoms with Gasteiger partial charge in [-0.05, 0) is 44.0 Å². The Hall–Kier alpha value is -2.98. The maximum absolute atomic E-state index is 13.3. The van der Waals surface area contributed by atoms with Crippen LogP contribution in [0.2, 0.25) is 0 Å². The minimum atomic E-state index is -3.97. The van der Waals surface area contributed by atoms with E-state index in [-0.39, 0.29) is 22.5 Å². The van der Waals surface area contributed by atoms with Crippen molar-refractivity contribution in [3.8, 4) is 6.07 Å². The molecule has 29 heavy (non-hydrogen) atoms. The molecule has 3 aromatic rings. The zero-order chi connectivity index (χ0) is 21.2. The summed E-state index contributed by atoms with van der Waals surface area (Å²) in [5.41, 5.74) is 2.25. The van der Waals surface area contributed by atoms with Crippen molar-refractivity contribution in [3.63, 3.8) is 0 Å². The maximum Gasteiger partial charge on any atom is 0.200 e. The first-order chi connectivity index (χ1) is 13.7. The lowest BCUT2D eigenvalue weighted by molar-refractivity contribution is 0.557. The van der Waals surface area contributed by atoms with Crippen LogP contribution in [0.15, 0.2) is 53.4 Å². The molecule has 0 aliphatic rings. The highest BCUT2D eigenvalue weighted by Crippen LogP contribution is 2.33. The molecular formula is C22H24N4O2S. The van der Waals surface area contributed by atoms with Gasteiger partial charge < -0.3 is 5.32 Å². The number of sulfone groups is 1. The third-order valence-corrected chi connectivity index (χ3v) is 6.87. The van der Waals surface area contributed by atoms with Crippen LogP contribution in [-0.2, 0) is 9.84 Å². The van der Waals surface area contributed by atoms with Gasteiger partial charge in [-0.3, -0.25) is 0 Å². The van der Waals surface area contributed by atoms with E-state index in [1.54, 1.807) is 24.3 Å². The first-order valence-electron chi connectivity index (χ1n) is 9.47. The van der Waals surface area contributed by atoms with Crippen LogP contribution in [-0.4, -0.2) is 24.4 Å². The lowest BCUT2D eigenvalue weighted by Crippen LogP contribution is -2.25. The van der Waals surface area contributed by atoms with Gasteiger partial charge in [-0.2, -0.15) is 5.26 Å². The molecule has 0 unspecified atom stereocenters. The zero-order valence-corrected chi connectivity index (χ0v) is 17.7. The van der Waals surface area contributed by atoms with Crippen molar-refractivity contribution in [1.82, 2.24) is 9.97 Å². The predicted octanol–water partition coefficient (Wildman–Crippen LogP) is 4.43. The van der Waals surface area contributed by atoms with Crippen LogP contribution >= 0.6 is 0 Å². The van der Waals surface area contributed by atoms with Crippen molar-refractivity contribution in [1.29, 1.82) is 5.26 Å². The number of aromatic nitrogens is 2. The molecule has 0 saturated carbocycles. The Morgan fingerprint density at radius 3 is 2.10 bits per heavy atom. The minimum absolute atomic E-state index is 0.0191. The highest BCUT2D eigenvalue weighted by molar-refractivity contribution is 7.92. The molecule has 0 fully saturated rings. The molecule has 0 spiro atoms. The first-order valence-corrected chi connectivity index (χ1v) is 11.0. The molecule has 3 rings (SSSR count). The fourth-order valence-electron chi connectivity index (χ4n) is 2.83. The van der Waals surface area contributed by atoms with E-state index >= 15 is 0 Å². The van der Waals surface area contributed by atoms with E-state index in [2.05, 4.69) is 29.1 Å². The average molecular weight is 409 g/mol. The van der Waals surface area contributed by atoms with Crippen molar-refractivity contribution in [2.45, 2.75) is 43.9 Å². The lowest BCUT2D eigenvalue weighted by Gasteiger charge is -2.21. The normalized spacial score (nSPS) is 13.8. The summed E-state index contributed by atoms with van der Waals surface area (Å²) >= 11 is 0. The topological polar surface area (TPSA) is 95.7 Å². The van der Waals surface area contributed by atoms with Crippen molar-refractivity contribution in [2.75, 3.05) is 5.32 Å². The minimum Gasteiger partial charge on any atom is -0.366 e. The Bertz CT molecular complexity index is 1170. The molecule has 0 aliphatic carbocycles. The van der Waals surface area contributed by atoms with Gasteiger partial charge in [0.25, 0.3) is 0 Å². The fourth-order valence-corrected chi connectivity index (χ4v) is 4.21. The monoisotopic (exact) mass is 408 g/mol. The summed E-state index contributed by atoms with van der Waals surface area (Å²) in [6.45, 7) is 7.97. The van der Waals surface area contributed by atoms with Crippen LogP contribution in [0.25, 0.3) is 11.0 Å². The molecule has 0 aliphatic heterocycles. The van der Waals surface area contributed by atoms with Gasteiger partial charge in [0.15, 0.2) is 11.1 Å². The number of nitrogens with zero attached hydrogens (tertiary/aromatic N) is 3. The van der Waals surface area contributed by atoms with Gasteiger partial charge in [0, 0.05) is 6.04 Å². The second-order valence-corrected chi connectivity index (χ2v) is 9.52. The number of nitriles is 1. The average Bonchev–Trinajstić information content (AvgIpc) is 2.68. The predicted molar refractivity (Wildman–Crippen MR) is 114 cm³/mol. The van der Waals surface area contributed by atoms with E-state index in [1.807, 2.05) is 32.0 Å².